The molecule has 0 radical (unpaired) electrons. The minimum absolute atomic E-state index is 0.217. The molecule has 0 aromatic carbocycles. The number of aromatic nitrogens is 2. The zero-order valence-corrected chi connectivity index (χ0v) is 9.05. The molecule has 2 aromatic rings. The van der Waals surface area contributed by atoms with E-state index in [0.29, 0.717) is 27.3 Å². The van der Waals surface area contributed by atoms with E-state index in [1.165, 1.54) is 11.5 Å². The van der Waals surface area contributed by atoms with Gasteiger partial charge in [0.2, 0.25) is 0 Å². The third-order valence-corrected chi connectivity index (χ3v) is 3.05. The molecule has 78 valence electrons. The minimum Gasteiger partial charge on any atom is -0.478 e. The molecule has 0 aliphatic carbocycles. The van der Waals surface area contributed by atoms with E-state index in [4.69, 9.17) is 10.8 Å². The highest BCUT2D eigenvalue weighted by molar-refractivity contribution is 7.13. The Morgan fingerprint density at radius 1 is 1.47 bits per heavy atom. The van der Waals surface area contributed by atoms with Gasteiger partial charge in [0.25, 0.3) is 0 Å². The average Bonchev–Trinajstić information content (AvgIpc) is 2.46. The van der Waals surface area contributed by atoms with Crippen molar-refractivity contribution >= 4 is 33.5 Å². The van der Waals surface area contributed by atoms with Gasteiger partial charge >= 0.3 is 5.97 Å². The Morgan fingerprint density at radius 3 is 2.73 bits per heavy atom. The predicted molar refractivity (Wildman–Crippen MR) is 58.3 cm³/mol. The fourth-order valence-corrected chi connectivity index (χ4v) is 2.44. The molecule has 0 fully saturated rings. The Balaban J connectivity index is 2.93. The van der Waals surface area contributed by atoms with Crippen molar-refractivity contribution in [1.82, 2.24) is 9.36 Å². The molecule has 0 saturated carbocycles. The van der Waals surface area contributed by atoms with Crippen molar-refractivity contribution in [2.75, 3.05) is 5.73 Å². The first-order valence-corrected chi connectivity index (χ1v) is 5.05. The number of aryl methyl sites for hydroxylation is 2. The molecule has 3 N–H and O–H groups in total. The molecule has 0 amide bonds. The van der Waals surface area contributed by atoms with Gasteiger partial charge in [-0.3, -0.25) is 0 Å². The number of hydrogen-bond donors (Lipinski definition) is 2. The molecular formula is C9H9N3O2S. The lowest BCUT2D eigenvalue weighted by Crippen LogP contribution is -2.05. The summed E-state index contributed by atoms with van der Waals surface area (Å²) >= 11 is 1.18. The van der Waals surface area contributed by atoms with Crippen LogP contribution in [0.15, 0.2) is 0 Å². The number of hydrogen-bond acceptors (Lipinski definition) is 5. The molecule has 0 saturated heterocycles. The molecular weight excluding hydrogens is 214 g/mol. The molecule has 0 atom stereocenters. The predicted octanol–water partition coefficient (Wildman–Crippen LogP) is 1.59. The van der Waals surface area contributed by atoms with E-state index in [0.717, 1.165) is 0 Å². The van der Waals surface area contributed by atoms with Crippen LogP contribution >= 0.6 is 11.5 Å². The normalized spacial score (nSPS) is 10.8. The lowest BCUT2D eigenvalue weighted by atomic mass is 10.1. The van der Waals surface area contributed by atoms with Crippen molar-refractivity contribution in [2.45, 2.75) is 13.8 Å². The Morgan fingerprint density at radius 2 is 2.13 bits per heavy atom. The largest absolute Gasteiger partial charge is 0.478 e. The number of fused-ring (bicyclic) bond motifs is 1. The fraction of sp³-hybridized carbons (Fsp3) is 0.222. The zero-order chi connectivity index (χ0) is 11.2. The van der Waals surface area contributed by atoms with Crippen LogP contribution in [0.25, 0.3) is 10.2 Å². The topological polar surface area (TPSA) is 89.1 Å². The second kappa shape index (κ2) is 3.16. The van der Waals surface area contributed by atoms with Crippen molar-refractivity contribution in [2.24, 2.45) is 0 Å². The first-order valence-electron chi connectivity index (χ1n) is 4.27. The molecule has 0 aliphatic rings. The van der Waals surface area contributed by atoms with Crippen LogP contribution in [0.5, 0.6) is 0 Å². The van der Waals surface area contributed by atoms with E-state index in [2.05, 4.69) is 9.36 Å². The van der Waals surface area contributed by atoms with Crippen molar-refractivity contribution in [3.63, 3.8) is 0 Å². The Labute approximate surface area is 89.7 Å². The summed E-state index contributed by atoms with van der Waals surface area (Å²) in [5.41, 5.74) is 7.01. The molecule has 0 aliphatic heterocycles. The third-order valence-electron chi connectivity index (χ3n) is 2.30. The maximum atomic E-state index is 11.0. The third kappa shape index (κ3) is 1.33. The summed E-state index contributed by atoms with van der Waals surface area (Å²) in [5.74, 6) is -0.632. The molecule has 2 heterocycles. The Kier molecular flexibility index (Phi) is 2.08. The van der Waals surface area contributed by atoms with E-state index in [-0.39, 0.29) is 5.56 Å². The van der Waals surface area contributed by atoms with Gasteiger partial charge in [0, 0.05) is 0 Å². The average molecular weight is 223 g/mol. The van der Waals surface area contributed by atoms with E-state index >= 15 is 0 Å². The summed E-state index contributed by atoms with van der Waals surface area (Å²) in [5, 5.41) is 9.69. The SMILES string of the molecule is Cc1nc2snc(N)c2c(C)c1C(=O)O. The van der Waals surface area contributed by atoms with Crippen LogP contribution in [0.3, 0.4) is 0 Å². The number of nitrogens with zero attached hydrogens (tertiary/aromatic N) is 2. The number of rotatable bonds is 1. The summed E-state index contributed by atoms with van der Waals surface area (Å²) in [6, 6.07) is 0. The van der Waals surface area contributed by atoms with Crippen LogP contribution in [0, 0.1) is 13.8 Å². The molecule has 5 nitrogen and oxygen atoms in total. The van der Waals surface area contributed by atoms with Gasteiger partial charge in [-0.1, -0.05) is 0 Å². The first kappa shape index (κ1) is 9.85. The van der Waals surface area contributed by atoms with Crippen LogP contribution in [0.2, 0.25) is 0 Å². The summed E-state index contributed by atoms with van der Waals surface area (Å²) < 4.78 is 3.96. The van der Waals surface area contributed by atoms with Crippen molar-refractivity contribution in [1.29, 1.82) is 0 Å². The smallest absolute Gasteiger partial charge is 0.337 e. The maximum Gasteiger partial charge on any atom is 0.337 e. The number of aromatic carboxylic acids is 1. The molecule has 0 unspecified atom stereocenters. The zero-order valence-electron chi connectivity index (χ0n) is 8.24. The van der Waals surface area contributed by atoms with E-state index < -0.39 is 5.97 Å². The van der Waals surface area contributed by atoms with Gasteiger partial charge in [-0.2, -0.15) is 4.37 Å². The van der Waals surface area contributed by atoms with E-state index in [9.17, 15) is 4.79 Å². The number of pyridine rings is 1. The Hall–Kier alpha value is -1.69. The second-order valence-electron chi connectivity index (χ2n) is 3.25. The van der Waals surface area contributed by atoms with Gasteiger partial charge in [0.05, 0.1) is 16.6 Å². The maximum absolute atomic E-state index is 11.0. The molecule has 0 bridgehead atoms. The van der Waals surface area contributed by atoms with Gasteiger partial charge in [-0.25, -0.2) is 9.78 Å². The minimum atomic E-state index is -0.981. The fourth-order valence-electron chi connectivity index (χ4n) is 1.64. The van der Waals surface area contributed by atoms with Crippen LogP contribution in [-0.2, 0) is 0 Å². The standard InChI is InChI=1S/C9H9N3O2S/c1-3-5(9(13)14)4(2)11-8-6(3)7(10)12-15-8/h1-2H3,(H2,10,12)(H,13,14). The van der Waals surface area contributed by atoms with Crippen LogP contribution in [0.1, 0.15) is 21.6 Å². The van der Waals surface area contributed by atoms with E-state index in [1.807, 2.05) is 0 Å². The van der Waals surface area contributed by atoms with Crippen LogP contribution in [0.4, 0.5) is 5.82 Å². The molecule has 2 rings (SSSR count). The van der Waals surface area contributed by atoms with E-state index in [1.54, 1.807) is 13.8 Å². The van der Waals surface area contributed by atoms with Crippen molar-refractivity contribution in [3.05, 3.63) is 16.8 Å². The lowest BCUT2D eigenvalue weighted by Gasteiger charge is -2.05. The number of carbonyl (C=O) groups is 1. The van der Waals surface area contributed by atoms with Gasteiger partial charge in [0.15, 0.2) is 0 Å². The molecule has 6 heteroatoms. The molecule has 0 spiro atoms. The summed E-state index contributed by atoms with van der Waals surface area (Å²) in [6.07, 6.45) is 0. The second-order valence-corrected chi connectivity index (χ2v) is 4.00. The summed E-state index contributed by atoms with van der Waals surface area (Å²) in [7, 11) is 0. The van der Waals surface area contributed by atoms with Crippen molar-refractivity contribution in [3.8, 4) is 0 Å². The molecule has 15 heavy (non-hydrogen) atoms. The van der Waals surface area contributed by atoms with Gasteiger partial charge in [-0.15, -0.1) is 0 Å². The first-order chi connectivity index (χ1) is 7.02. The van der Waals surface area contributed by atoms with Crippen LogP contribution in [-0.4, -0.2) is 20.4 Å². The number of carboxylic acid groups (broad SMARTS) is 1. The highest BCUT2D eigenvalue weighted by atomic mass is 32.1. The monoisotopic (exact) mass is 223 g/mol. The summed E-state index contributed by atoms with van der Waals surface area (Å²) in [4.78, 5) is 15.9. The molecule has 2 aromatic heterocycles. The Bertz CT molecular complexity index is 562. The van der Waals surface area contributed by atoms with Gasteiger partial charge in [0.1, 0.15) is 10.6 Å². The number of nitrogen functional groups attached to an aromatic ring is 1. The number of anilines is 1. The van der Waals surface area contributed by atoms with Crippen molar-refractivity contribution < 1.29 is 9.90 Å². The highest BCUT2D eigenvalue weighted by Gasteiger charge is 2.18. The van der Waals surface area contributed by atoms with Gasteiger partial charge in [-0.05, 0) is 30.9 Å². The lowest BCUT2D eigenvalue weighted by molar-refractivity contribution is 0.0695. The van der Waals surface area contributed by atoms with Crippen LogP contribution < -0.4 is 5.73 Å². The quantitative estimate of drug-likeness (QED) is 0.766. The van der Waals surface area contributed by atoms with Gasteiger partial charge < -0.3 is 10.8 Å². The highest BCUT2D eigenvalue weighted by Crippen LogP contribution is 2.29. The number of nitrogens with two attached hydrogens (primary N) is 1. The number of carboxylic acids is 1. The summed E-state index contributed by atoms with van der Waals surface area (Å²) in [6.45, 7) is 3.40.